The van der Waals surface area contributed by atoms with Gasteiger partial charge >= 0.3 is 5.97 Å². The van der Waals surface area contributed by atoms with E-state index in [1.807, 2.05) is 6.07 Å². The molecule has 0 spiro atoms. The molecule has 1 unspecified atom stereocenters. The normalized spacial score (nSPS) is 28.9. The molecule has 1 saturated heterocycles. The molecule has 1 heterocycles. The van der Waals surface area contributed by atoms with Crippen molar-refractivity contribution in [1.29, 1.82) is 0 Å². The summed E-state index contributed by atoms with van der Waals surface area (Å²) in [6, 6.07) is 8.34. The lowest BCUT2D eigenvalue weighted by atomic mass is 9.78. The molecule has 2 heteroatoms. The number of fused-ring (bicyclic) bond motifs is 3. The van der Waals surface area contributed by atoms with Gasteiger partial charge in [-0.1, -0.05) is 24.3 Å². The Hall–Kier alpha value is -1.31. The van der Waals surface area contributed by atoms with Gasteiger partial charge in [0, 0.05) is 12.3 Å². The van der Waals surface area contributed by atoms with Crippen molar-refractivity contribution in [2.45, 2.75) is 31.8 Å². The fraction of sp³-hybridized carbons (Fsp3) is 0.462. The number of hydrogen-bond donors (Lipinski definition) is 0. The molecule has 2 nitrogen and oxygen atoms in total. The van der Waals surface area contributed by atoms with E-state index in [0.29, 0.717) is 12.3 Å². The quantitative estimate of drug-likeness (QED) is 0.604. The first-order chi connectivity index (χ1) is 7.34. The molecule has 78 valence electrons. The number of hydrogen-bond acceptors (Lipinski definition) is 2. The van der Waals surface area contributed by atoms with Crippen molar-refractivity contribution < 1.29 is 9.53 Å². The Kier molecular flexibility index (Phi) is 2.01. The van der Waals surface area contributed by atoms with E-state index in [1.165, 1.54) is 11.1 Å². The van der Waals surface area contributed by atoms with Gasteiger partial charge in [0.15, 0.2) is 0 Å². The van der Waals surface area contributed by atoms with Crippen LogP contribution in [-0.4, -0.2) is 5.97 Å². The molecule has 1 aromatic rings. The molecule has 2 atom stereocenters. The van der Waals surface area contributed by atoms with Gasteiger partial charge < -0.3 is 4.74 Å². The number of rotatable bonds is 0. The molecule has 0 amide bonds. The standard InChI is InChI=1S/C13H14O2/c14-12-8-7-10-6-5-9-3-1-2-4-11(9)13(10)15-12/h1-4,10,13H,5-8H2/t10?,13-/m1/s1. The van der Waals surface area contributed by atoms with Crippen LogP contribution in [0.5, 0.6) is 0 Å². The summed E-state index contributed by atoms with van der Waals surface area (Å²) < 4.78 is 5.48. The summed E-state index contributed by atoms with van der Waals surface area (Å²) in [7, 11) is 0. The minimum Gasteiger partial charge on any atom is -0.457 e. The molecule has 0 bridgehead atoms. The molecular weight excluding hydrogens is 188 g/mol. The maximum absolute atomic E-state index is 11.3. The van der Waals surface area contributed by atoms with Gasteiger partial charge in [-0.3, -0.25) is 4.79 Å². The average molecular weight is 202 g/mol. The lowest BCUT2D eigenvalue weighted by Gasteiger charge is -2.36. The van der Waals surface area contributed by atoms with E-state index < -0.39 is 0 Å². The van der Waals surface area contributed by atoms with Crippen molar-refractivity contribution in [1.82, 2.24) is 0 Å². The van der Waals surface area contributed by atoms with Crippen molar-refractivity contribution in [3.8, 4) is 0 Å². The third-order valence-corrected chi connectivity index (χ3v) is 3.55. The van der Waals surface area contributed by atoms with Crippen molar-refractivity contribution in [3.05, 3.63) is 35.4 Å². The summed E-state index contributed by atoms with van der Waals surface area (Å²) in [6.07, 6.45) is 3.93. The molecule has 1 aliphatic carbocycles. The van der Waals surface area contributed by atoms with Gasteiger partial charge in [-0.05, 0) is 30.4 Å². The maximum Gasteiger partial charge on any atom is 0.306 e. The Bertz CT molecular complexity index is 397. The number of esters is 1. The van der Waals surface area contributed by atoms with E-state index in [-0.39, 0.29) is 12.1 Å². The van der Waals surface area contributed by atoms with Gasteiger partial charge in [0.05, 0.1) is 0 Å². The summed E-state index contributed by atoms with van der Waals surface area (Å²) in [5.74, 6) is 0.519. The molecular formula is C13H14O2. The smallest absolute Gasteiger partial charge is 0.306 e. The summed E-state index contributed by atoms with van der Waals surface area (Å²) >= 11 is 0. The molecule has 0 saturated carbocycles. The van der Waals surface area contributed by atoms with Crippen LogP contribution < -0.4 is 0 Å². The largest absolute Gasteiger partial charge is 0.457 e. The molecule has 1 aromatic carbocycles. The number of carbonyl (C=O) groups excluding carboxylic acids is 1. The fourth-order valence-corrected chi connectivity index (χ4v) is 2.74. The highest BCUT2D eigenvalue weighted by molar-refractivity contribution is 5.70. The number of carbonyl (C=O) groups is 1. The van der Waals surface area contributed by atoms with E-state index in [1.54, 1.807) is 0 Å². The third-order valence-electron chi connectivity index (χ3n) is 3.55. The summed E-state index contributed by atoms with van der Waals surface area (Å²) in [4.78, 5) is 11.3. The SMILES string of the molecule is O=C1CCC2CCc3ccccc3[C@@H]2O1. The van der Waals surface area contributed by atoms with Crippen molar-refractivity contribution >= 4 is 5.97 Å². The van der Waals surface area contributed by atoms with Crippen LogP contribution in [0.25, 0.3) is 0 Å². The zero-order valence-electron chi connectivity index (χ0n) is 8.61. The van der Waals surface area contributed by atoms with Crippen LogP contribution in [0.15, 0.2) is 24.3 Å². The van der Waals surface area contributed by atoms with Crippen LogP contribution in [0.4, 0.5) is 0 Å². The molecule has 2 aliphatic rings. The van der Waals surface area contributed by atoms with Gasteiger partial charge in [-0.25, -0.2) is 0 Å². The summed E-state index contributed by atoms with van der Waals surface area (Å²) in [5, 5.41) is 0. The second kappa shape index (κ2) is 3.37. The van der Waals surface area contributed by atoms with Crippen molar-refractivity contribution in [3.63, 3.8) is 0 Å². The lowest BCUT2D eigenvalue weighted by molar-refractivity contribution is -0.159. The molecule has 0 N–H and O–H groups in total. The molecule has 0 radical (unpaired) electrons. The first-order valence-electron chi connectivity index (χ1n) is 5.62. The van der Waals surface area contributed by atoms with E-state index >= 15 is 0 Å². The van der Waals surface area contributed by atoms with E-state index in [0.717, 1.165) is 19.3 Å². The predicted molar refractivity (Wildman–Crippen MR) is 56.3 cm³/mol. The van der Waals surface area contributed by atoms with Gasteiger partial charge in [0.1, 0.15) is 6.10 Å². The fourth-order valence-electron chi connectivity index (χ4n) is 2.74. The molecule has 3 rings (SSSR count). The van der Waals surface area contributed by atoms with Gasteiger partial charge in [-0.2, -0.15) is 0 Å². The van der Waals surface area contributed by atoms with Crippen LogP contribution in [0, 0.1) is 5.92 Å². The topological polar surface area (TPSA) is 26.3 Å². The highest BCUT2D eigenvalue weighted by Crippen LogP contribution is 2.42. The van der Waals surface area contributed by atoms with E-state index in [2.05, 4.69) is 18.2 Å². The van der Waals surface area contributed by atoms with Crippen LogP contribution in [-0.2, 0) is 16.0 Å². The second-order valence-electron chi connectivity index (χ2n) is 4.45. The average Bonchev–Trinajstić information content (AvgIpc) is 2.29. The number of benzene rings is 1. The molecule has 15 heavy (non-hydrogen) atoms. The zero-order valence-corrected chi connectivity index (χ0v) is 8.61. The van der Waals surface area contributed by atoms with Crippen LogP contribution in [0.1, 0.15) is 36.5 Å². The van der Waals surface area contributed by atoms with Gasteiger partial charge in [0.25, 0.3) is 0 Å². The monoisotopic (exact) mass is 202 g/mol. The zero-order chi connectivity index (χ0) is 10.3. The maximum atomic E-state index is 11.3. The van der Waals surface area contributed by atoms with Crippen molar-refractivity contribution in [2.75, 3.05) is 0 Å². The Labute approximate surface area is 89.2 Å². The minimum atomic E-state index is -0.0343. The Morgan fingerprint density at radius 3 is 2.87 bits per heavy atom. The van der Waals surface area contributed by atoms with E-state index in [4.69, 9.17) is 4.74 Å². The first kappa shape index (κ1) is 8.96. The Morgan fingerprint density at radius 1 is 1.13 bits per heavy atom. The van der Waals surface area contributed by atoms with Crippen LogP contribution in [0.3, 0.4) is 0 Å². The molecule has 1 fully saturated rings. The highest BCUT2D eigenvalue weighted by Gasteiger charge is 2.35. The summed E-state index contributed by atoms with van der Waals surface area (Å²) in [6.45, 7) is 0. The summed E-state index contributed by atoms with van der Waals surface area (Å²) in [5.41, 5.74) is 2.59. The molecule has 1 aliphatic heterocycles. The third kappa shape index (κ3) is 1.44. The Morgan fingerprint density at radius 2 is 1.93 bits per heavy atom. The molecule has 0 aromatic heterocycles. The van der Waals surface area contributed by atoms with Crippen LogP contribution >= 0.6 is 0 Å². The first-order valence-corrected chi connectivity index (χ1v) is 5.62. The van der Waals surface area contributed by atoms with E-state index in [9.17, 15) is 4.79 Å². The van der Waals surface area contributed by atoms with Crippen LogP contribution in [0.2, 0.25) is 0 Å². The lowest BCUT2D eigenvalue weighted by Crippen LogP contribution is -2.30. The highest BCUT2D eigenvalue weighted by atomic mass is 16.5. The van der Waals surface area contributed by atoms with Gasteiger partial charge in [-0.15, -0.1) is 0 Å². The second-order valence-corrected chi connectivity index (χ2v) is 4.45. The minimum absolute atomic E-state index is 0.0343. The predicted octanol–water partition coefficient (Wildman–Crippen LogP) is 2.63. The van der Waals surface area contributed by atoms with Gasteiger partial charge in [0.2, 0.25) is 0 Å². The number of aryl methyl sites for hydroxylation is 1. The Balaban J connectivity index is 2.00. The number of ether oxygens (including phenoxy) is 1. The van der Waals surface area contributed by atoms with Crippen molar-refractivity contribution in [2.24, 2.45) is 5.92 Å².